The van der Waals surface area contributed by atoms with E-state index in [-0.39, 0.29) is 5.56 Å². The average Bonchev–Trinajstić information content (AvgIpc) is 2.69. The van der Waals surface area contributed by atoms with Crippen molar-refractivity contribution in [2.75, 3.05) is 17.2 Å². The SMILES string of the molecule is CCOc1ccc(NC2=NC(c3cccnc3)n3c(nc(C)cc3=O)N2)cc1. The Kier molecular flexibility index (Phi) is 4.76. The molecule has 0 amide bonds. The van der Waals surface area contributed by atoms with E-state index in [4.69, 9.17) is 4.74 Å². The first-order valence-corrected chi connectivity index (χ1v) is 8.99. The molecule has 2 aromatic heterocycles. The molecule has 1 atom stereocenters. The molecule has 8 heteroatoms. The van der Waals surface area contributed by atoms with Crippen molar-refractivity contribution in [1.82, 2.24) is 14.5 Å². The Hall–Kier alpha value is -3.68. The van der Waals surface area contributed by atoms with E-state index in [2.05, 4.69) is 25.6 Å². The first-order valence-electron chi connectivity index (χ1n) is 8.99. The van der Waals surface area contributed by atoms with Crippen LogP contribution in [0.4, 0.5) is 11.6 Å². The van der Waals surface area contributed by atoms with Gasteiger partial charge in [0.15, 0.2) is 6.17 Å². The van der Waals surface area contributed by atoms with Crippen molar-refractivity contribution < 1.29 is 4.74 Å². The fourth-order valence-electron chi connectivity index (χ4n) is 3.00. The summed E-state index contributed by atoms with van der Waals surface area (Å²) in [5.41, 5.74) is 2.09. The van der Waals surface area contributed by atoms with Gasteiger partial charge >= 0.3 is 0 Å². The quantitative estimate of drug-likeness (QED) is 0.727. The minimum absolute atomic E-state index is 0.173. The van der Waals surface area contributed by atoms with Gasteiger partial charge in [-0.15, -0.1) is 0 Å². The van der Waals surface area contributed by atoms with Crippen LogP contribution in [0.3, 0.4) is 0 Å². The molecule has 1 aliphatic rings. The number of nitrogens with zero attached hydrogens (tertiary/aromatic N) is 4. The first-order chi connectivity index (χ1) is 13.6. The number of pyridine rings is 1. The zero-order valence-corrected chi connectivity index (χ0v) is 15.6. The summed E-state index contributed by atoms with van der Waals surface area (Å²) in [6.07, 6.45) is 2.82. The summed E-state index contributed by atoms with van der Waals surface area (Å²) < 4.78 is 6.99. The first kappa shape index (κ1) is 17.7. The molecule has 142 valence electrons. The number of benzene rings is 1. The lowest BCUT2D eigenvalue weighted by Gasteiger charge is -2.26. The van der Waals surface area contributed by atoms with Crippen LogP contribution >= 0.6 is 0 Å². The molecule has 0 fully saturated rings. The third kappa shape index (κ3) is 3.57. The summed E-state index contributed by atoms with van der Waals surface area (Å²) in [5.74, 6) is 1.73. The van der Waals surface area contributed by atoms with E-state index in [9.17, 15) is 4.79 Å². The number of hydrogen-bond acceptors (Lipinski definition) is 7. The van der Waals surface area contributed by atoms with Gasteiger partial charge in [0.05, 0.1) is 6.61 Å². The monoisotopic (exact) mass is 376 g/mol. The summed E-state index contributed by atoms with van der Waals surface area (Å²) in [5, 5.41) is 6.34. The molecular formula is C20H20N6O2. The molecule has 0 aliphatic carbocycles. The number of aliphatic imine (C=N–C) groups is 1. The largest absolute Gasteiger partial charge is 0.494 e. The number of rotatable bonds is 4. The molecule has 0 spiro atoms. The van der Waals surface area contributed by atoms with Crippen LogP contribution in [-0.4, -0.2) is 27.1 Å². The molecule has 1 unspecified atom stereocenters. The second kappa shape index (κ2) is 7.51. The maximum Gasteiger partial charge on any atom is 0.257 e. The van der Waals surface area contributed by atoms with Crippen LogP contribution in [0.5, 0.6) is 5.75 Å². The fraction of sp³-hybridized carbons (Fsp3) is 0.200. The summed E-state index contributed by atoms with van der Waals surface area (Å²) >= 11 is 0. The van der Waals surface area contributed by atoms with Crippen LogP contribution in [0.15, 0.2) is 64.6 Å². The lowest BCUT2D eigenvalue weighted by Crippen LogP contribution is -2.37. The number of ether oxygens (including phenoxy) is 1. The van der Waals surface area contributed by atoms with Crippen molar-refractivity contribution in [1.29, 1.82) is 0 Å². The predicted molar refractivity (Wildman–Crippen MR) is 108 cm³/mol. The number of aryl methyl sites for hydroxylation is 1. The Labute approximate surface area is 162 Å². The number of hydrogen-bond donors (Lipinski definition) is 2. The topological polar surface area (TPSA) is 93.4 Å². The number of nitrogens with one attached hydrogen (secondary N) is 2. The minimum atomic E-state index is -0.559. The number of anilines is 2. The van der Waals surface area contributed by atoms with Crippen molar-refractivity contribution in [3.8, 4) is 5.75 Å². The molecule has 0 saturated heterocycles. The van der Waals surface area contributed by atoms with E-state index in [1.807, 2.05) is 43.3 Å². The standard InChI is InChI=1S/C20H20N6O2/c1-3-28-16-8-6-15(7-9-16)23-19-24-18(14-5-4-10-21-12-14)26-17(27)11-13(2)22-20(26)25-19/h4-12,18H,3H2,1-2H3,(H2,22,23,24,25). The molecule has 3 heterocycles. The Morgan fingerprint density at radius 3 is 2.79 bits per heavy atom. The number of guanidine groups is 1. The van der Waals surface area contributed by atoms with E-state index in [0.717, 1.165) is 17.0 Å². The zero-order chi connectivity index (χ0) is 19.5. The molecule has 0 saturated carbocycles. The highest BCUT2D eigenvalue weighted by molar-refractivity contribution is 6.03. The molecule has 2 N–H and O–H groups in total. The molecule has 0 radical (unpaired) electrons. The van der Waals surface area contributed by atoms with Gasteiger partial charge in [0, 0.05) is 35.4 Å². The highest BCUT2D eigenvalue weighted by atomic mass is 16.5. The van der Waals surface area contributed by atoms with Gasteiger partial charge in [0.1, 0.15) is 5.75 Å². The van der Waals surface area contributed by atoms with Crippen molar-refractivity contribution in [2.24, 2.45) is 4.99 Å². The van der Waals surface area contributed by atoms with Crippen LogP contribution < -0.4 is 20.9 Å². The fourth-order valence-corrected chi connectivity index (χ4v) is 3.00. The second-order valence-electron chi connectivity index (χ2n) is 6.27. The predicted octanol–water partition coefficient (Wildman–Crippen LogP) is 2.79. The molecule has 4 rings (SSSR count). The third-order valence-corrected chi connectivity index (χ3v) is 4.22. The molecule has 28 heavy (non-hydrogen) atoms. The van der Waals surface area contributed by atoms with Gasteiger partial charge in [-0.2, -0.15) is 0 Å². The smallest absolute Gasteiger partial charge is 0.257 e. The highest BCUT2D eigenvalue weighted by Crippen LogP contribution is 2.25. The Morgan fingerprint density at radius 1 is 1.25 bits per heavy atom. The van der Waals surface area contributed by atoms with Crippen LogP contribution in [0.25, 0.3) is 0 Å². The number of aromatic nitrogens is 3. The highest BCUT2D eigenvalue weighted by Gasteiger charge is 2.25. The summed E-state index contributed by atoms with van der Waals surface area (Å²) in [4.78, 5) is 25.9. The van der Waals surface area contributed by atoms with Crippen molar-refractivity contribution in [2.45, 2.75) is 20.0 Å². The van der Waals surface area contributed by atoms with E-state index < -0.39 is 6.17 Å². The summed E-state index contributed by atoms with van der Waals surface area (Å²) in [6.45, 7) is 4.35. The molecular weight excluding hydrogens is 356 g/mol. The lowest BCUT2D eigenvalue weighted by atomic mass is 10.2. The Balaban J connectivity index is 1.70. The van der Waals surface area contributed by atoms with Crippen LogP contribution in [0.2, 0.25) is 0 Å². The van der Waals surface area contributed by atoms with Crippen molar-refractivity contribution >= 4 is 17.6 Å². The molecule has 3 aromatic rings. The van der Waals surface area contributed by atoms with Gasteiger partial charge < -0.3 is 10.1 Å². The summed E-state index contributed by atoms with van der Waals surface area (Å²) in [6, 6.07) is 12.8. The molecule has 1 aliphatic heterocycles. The van der Waals surface area contributed by atoms with Crippen LogP contribution in [0, 0.1) is 6.92 Å². The van der Waals surface area contributed by atoms with E-state index >= 15 is 0 Å². The van der Waals surface area contributed by atoms with Gasteiger partial charge in [-0.3, -0.25) is 19.7 Å². The van der Waals surface area contributed by atoms with Gasteiger partial charge in [-0.05, 0) is 44.2 Å². The van der Waals surface area contributed by atoms with Gasteiger partial charge in [-0.1, -0.05) is 6.07 Å². The van der Waals surface area contributed by atoms with Crippen LogP contribution in [-0.2, 0) is 0 Å². The van der Waals surface area contributed by atoms with E-state index in [1.165, 1.54) is 10.6 Å². The molecule has 8 nitrogen and oxygen atoms in total. The second-order valence-corrected chi connectivity index (χ2v) is 6.27. The van der Waals surface area contributed by atoms with Gasteiger partial charge in [0.25, 0.3) is 5.56 Å². The van der Waals surface area contributed by atoms with Crippen molar-refractivity contribution in [3.63, 3.8) is 0 Å². The van der Waals surface area contributed by atoms with Gasteiger partial charge in [-0.25, -0.2) is 9.98 Å². The van der Waals surface area contributed by atoms with E-state index in [0.29, 0.717) is 24.2 Å². The zero-order valence-electron chi connectivity index (χ0n) is 15.6. The lowest BCUT2D eigenvalue weighted by molar-refractivity contribution is 0.340. The number of fused-ring (bicyclic) bond motifs is 1. The Morgan fingerprint density at radius 2 is 2.07 bits per heavy atom. The Bertz CT molecular complexity index is 1060. The van der Waals surface area contributed by atoms with Crippen LogP contribution in [0.1, 0.15) is 24.3 Å². The third-order valence-electron chi connectivity index (χ3n) is 4.22. The van der Waals surface area contributed by atoms with E-state index in [1.54, 1.807) is 19.3 Å². The normalized spacial score (nSPS) is 15.2. The average molecular weight is 376 g/mol. The van der Waals surface area contributed by atoms with Gasteiger partial charge in [0.2, 0.25) is 11.9 Å². The maximum atomic E-state index is 12.6. The van der Waals surface area contributed by atoms with Crippen molar-refractivity contribution in [3.05, 3.63) is 76.5 Å². The summed E-state index contributed by atoms with van der Waals surface area (Å²) in [7, 11) is 0. The minimum Gasteiger partial charge on any atom is -0.494 e. The molecule has 0 bridgehead atoms. The molecule has 1 aromatic carbocycles. The maximum absolute atomic E-state index is 12.6.